The lowest BCUT2D eigenvalue weighted by atomic mass is 10.3. The standard InChI is InChI=1S/C12H10Br3NOS/c1-17-11-3-2-7(13)4-10(11)16-6-8-5-9(14)12(15)18-8/h2-5,16H,6H2,1H3. The zero-order valence-corrected chi connectivity index (χ0v) is 15.0. The fraction of sp³-hybridized carbons (Fsp3) is 0.167. The number of hydrogen-bond donors (Lipinski definition) is 1. The minimum atomic E-state index is 0.766. The molecule has 0 bridgehead atoms. The van der Waals surface area contributed by atoms with E-state index in [0.717, 1.165) is 30.7 Å². The van der Waals surface area contributed by atoms with Crippen molar-refractivity contribution in [2.45, 2.75) is 6.54 Å². The van der Waals surface area contributed by atoms with Gasteiger partial charge in [-0.2, -0.15) is 0 Å². The summed E-state index contributed by atoms with van der Waals surface area (Å²) >= 11 is 12.1. The Labute approximate surface area is 135 Å². The second-order valence-electron chi connectivity index (χ2n) is 3.53. The summed E-state index contributed by atoms with van der Waals surface area (Å²) in [5.41, 5.74) is 0.979. The Morgan fingerprint density at radius 2 is 2.00 bits per heavy atom. The van der Waals surface area contributed by atoms with Crippen LogP contribution in [0.25, 0.3) is 0 Å². The molecule has 0 saturated carbocycles. The maximum Gasteiger partial charge on any atom is 0.142 e. The lowest BCUT2D eigenvalue weighted by molar-refractivity contribution is 0.416. The third-order valence-corrected chi connectivity index (χ3v) is 6.06. The van der Waals surface area contributed by atoms with E-state index >= 15 is 0 Å². The molecule has 1 aromatic heterocycles. The largest absolute Gasteiger partial charge is 0.495 e. The summed E-state index contributed by atoms with van der Waals surface area (Å²) in [5, 5.41) is 3.38. The van der Waals surface area contributed by atoms with Gasteiger partial charge >= 0.3 is 0 Å². The molecule has 18 heavy (non-hydrogen) atoms. The lowest BCUT2D eigenvalue weighted by Crippen LogP contribution is -1.99. The van der Waals surface area contributed by atoms with Crippen LogP contribution in [0.3, 0.4) is 0 Å². The average Bonchev–Trinajstić information content (AvgIpc) is 2.66. The highest BCUT2D eigenvalue weighted by Gasteiger charge is 2.06. The number of methoxy groups -OCH3 is 1. The number of nitrogens with one attached hydrogen (secondary N) is 1. The van der Waals surface area contributed by atoms with E-state index in [9.17, 15) is 0 Å². The van der Waals surface area contributed by atoms with Gasteiger partial charge in [0.1, 0.15) is 5.75 Å². The van der Waals surface area contributed by atoms with Crippen molar-refractivity contribution in [2.75, 3.05) is 12.4 Å². The Kier molecular flexibility index (Phi) is 5.12. The van der Waals surface area contributed by atoms with Crippen LogP contribution in [0.15, 0.2) is 37.0 Å². The molecule has 1 heterocycles. The van der Waals surface area contributed by atoms with Crippen LogP contribution in [0.5, 0.6) is 5.75 Å². The van der Waals surface area contributed by atoms with Gasteiger partial charge in [-0.25, -0.2) is 0 Å². The van der Waals surface area contributed by atoms with Crippen molar-refractivity contribution in [3.8, 4) is 5.75 Å². The summed E-state index contributed by atoms with van der Waals surface area (Å²) in [4.78, 5) is 1.25. The molecule has 2 aromatic rings. The molecule has 0 amide bonds. The molecule has 0 fully saturated rings. The first-order chi connectivity index (χ1) is 8.60. The SMILES string of the molecule is COc1ccc(Br)cc1NCc1cc(Br)c(Br)s1. The highest BCUT2D eigenvalue weighted by molar-refractivity contribution is 9.13. The van der Waals surface area contributed by atoms with E-state index < -0.39 is 0 Å². The first-order valence-electron chi connectivity index (χ1n) is 5.11. The van der Waals surface area contributed by atoms with Crippen LogP contribution < -0.4 is 10.1 Å². The molecule has 2 nitrogen and oxygen atoms in total. The van der Waals surface area contributed by atoms with Crippen LogP contribution in [0, 0.1) is 0 Å². The zero-order chi connectivity index (χ0) is 13.1. The number of rotatable bonds is 4. The van der Waals surface area contributed by atoms with Crippen LogP contribution in [-0.2, 0) is 6.54 Å². The number of halogens is 3. The molecule has 0 saturated heterocycles. The molecule has 1 aromatic carbocycles. The van der Waals surface area contributed by atoms with Crippen LogP contribution >= 0.6 is 59.1 Å². The number of benzene rings is 1. The predicted octanol–water partition coefficient (Wildman–Crippen LogP) is 5.66. The van der Waals surface area contributed by atoms with E-state index in [1.165, 1.54) is 4.88 Å². The van der Waals surface area contributed by atoms with Crippen molar-refractivity contribution in [1.29, 1.82) is 0 Å². The van der Waals surface area contributed by atoms with Gasteiger partial charge in [0.2, 0.25) is 0 Å². The van der Waals surface area contributed by atoms with Gasteiger partial charge < -0.3 is 10.1 Å². The van der Waals surface area contributed by atoms with E-state index in [1.54, 1.807) is 18.4 Å². The Morgan fingerprint density at radius 3 is 2.61 bits per heavy atom. The fourth-order valence-electron chi connectivity index (χ4n) is 1.48. The zero-order valence-electron chi connectivity index (χ0n) is 9.47. The normalized spacial score (nSPS) is 10.4. The van der Waals surface area contributed by atoms with Gasteiger partial charge in [0, 0.05) is 20.4 Å². The molecule has 0 aliphatic carbocycles. The van der Waals surface area contributed by atoms with Crippen molar-refractivity contribution in [3.63, 3.8) is 0 Å². The lowest BCUT2D eigenvalue weighted by Gasteiger charge is -2.10. The number of anilines is 1. The summed E-state index contributed by atoms with van der Waals surface area (Å²) in [6.07, 6.45) is 0. The molecule has 0 aliphatic rings. The van der Waals surface area contributed by atoms with Gasteiger partial charge in [0.15, 0.2) is 0 Å². The van der Waals surface area contributed by atoms with E-state index in [4.69, 9.17) is 4.74 Å². The van der Waals surface area contributed by atoms with Crippen LogP contribution in [-0.4, -0.2) is 7.11 Å². The quantitative estimate of drug-likeness (QED) is 0.642. The summed E-state index contributed by atoms with van der Waals surface area (Å²) in [6.45, 7) is 0.766. The monoisotopic (exact) mass is 453 g/mol. The van der Waals surface area contributed by atoms with Gasteiger partial charge in [-0.3, -0.25) is 0 Å². The summed E-state index contributed by atoms with van der Waals surface area (Å²) in [7, 11) is 1.67. The van der Waals surface area contributed by atoms with Crippen molar-refractivity contribution in [3.05, 3.63) is 41.9 Å². The van der Waals surface area contributed by atoms with Crippen molar-refractivity contribution < 1.29 is 4.74 Å². The second kappa shape index (κ2) is 6.41. The Bertz CT molecular complexity index is 537. The maximum absolute atomic E-state index is 5.32. The van der Waals surface area contributed by atoms with Crippen molar-refractivity contribution in [1.82, 2.24) is 0 Å². The predicted molar refractivity (Wildman–Crippen MR) is 87.7 cm³/mol. The molecule has 2 rings (SSSR count). The number of thiophene rings is 1. The van der Waals surface area contributed by atoms with Gasteiger partial charge in [0.25, 0.3) is 0 Å². The molecule has 0 spiro atoms. The average molecular weight is 456 g/mol. The topological polar surface area (TPSA) is 21.3 Å². The summed E-state index contributed by atoms with van der Waals surface area (Å²) in [5.74, 6) is 0.841. The Hall–Kier alpha value is -0.0400. The molecule has 0 atom stereocenters. The molecule has 0 unspecified atom stereocenters. The third kappa shape index (κ3) is 3.50. The van der Waals surface area contributed by atoms with Crippen LogP contribution in [0.4, 0.5) is 5.69 Å². The van der Waals surface area contributed by atoms with Gasteiger partial charge in [-0.05, 0) is 56.1 Å². The minimum absolute atomic E-state index is 0.766. The van der Waals surface area contributed by atoms with Crippen LogP contribution in [0.1, 0.15) is 4.88 Å². The van der Waals surface area contributed by atoms with E-state index in [2.05, 4.69) is 59.2 Å². The maximum atomic E-state index is 5.32. The highest BCUT2D eigenvalue weighted by atomic mass is 79.9. The van der Waals surface area contributed by atoms with Gasteiger partial charge in [0.05, 0.1) is 16.6 Å². The first-order valence-corrected chi connectivity index (χ1v) is 8.31. The summed E-state index contributed by atoms with van der Waals surface area (Å²) in [6, 6.07) is 8.01. The molecular weight excluding hydrogens is 446 g/mol. The molecule has 0 aliphatic heterocycles. The van der Waals surface area contributed by atoms with E-state index in [1.807, 2.05) is 18.2 Å². The van der Waals surface area contributed by atoms with Gasteiger partial charge in [-0.15, -0.1) is 11.3 Å². The second-order valence-corrected chi connectivity index (χ2v) is 7.76. The minimum Gasteiger partial charge on any atom is -0.495 e. The molecule has 0 radical (unpaired) electrons. The number of ether oxygens (including phenoxy) is 1. The smallest absolute Gasteiger partial charge is 0.142 e. The molecule has 96 valence electrons. The Morgan fingerprint density at radius 1 is 1.22 bits per heavy atom. The van der Waals surface area contributed by atoms with Gasteiger partial charge in [-0.1, -0.05) is 15.9 Å². The van der Waals surface area contributed by atoms with Crippen LogP contribution in [0.2, 0.25) is 0 Å². The molecular formula is C12H10Br3NOS. The van der Waals surface area contributed by atoms with E-state index in [-0.39, 0.29) is 0 Å². The third-order valence-electron chi connectivity index (χ3n) is 2.31. The summed E-state index contributed by atoms with van der Waals surface area (Å²) < 4.78 is 8.55. The fourth-order valence-corrected chi connectivity index (χ4v) is 3.96. The Balaban J connectivity index is 2.12. The van der Waals surface area contributed by atoms with Crippen molar-refractivity contribution >= 4 is 64.8 Å². The van der Waals surface area contributed by atoms with E-state index in [0.29, 0.717) is 0 Å². The molecule has 6 heteroatoms. The van der Waals surface area contributed by atoms with Crippen molar-refractivity contribution in [2.24, 2.45) is 0 Å². The first kappa shape index (κ1) is 14.4. The number of hydrogen-bond acceptors (Lipinski definition) is 3. The molecule has 1 N–H and O–H groups in total. The highest BCUT2D eigenvalue weighted by Crippen LogP contribution is 2.34.